The second-order valence-corrected chi connectivity index (χ2v) is 7.94. The lowest BCUT2D eigenvalue weighted by Crippen LogP contribution is -2.43. The van der Waals surface area contributed by atoms with Crippen molar-refractivity contribution >= 4 is 11.3 Å². The predicted molar refractivity (Wildman–Crippen MR) is 74.5 cm³/mol. The lowest BCUT2D eigenvalue weighted by atomic mass is 9.52. The highest BCUT2D eigenvalue weighted by atomic mass is 32.1. The molecule has 1 atom stereocenters. The molecule has 4 aliphatic rings. The molecule has 4 saturated carbocycles. The van der Waals surface area contributed by atoms with Crippen molar-refractivity contribution in [1.82, 2.24) is 4.98 Å². The summed E-state index contributed by atoms with van der Waals surface area (Å²) in [5, 5.41) is 1.40. The molecule has 5 rings (SSSR count). The Labute approximate surface area is 113 Å². The van der Waals surface area contributed by atoms with Gasteiger partial charge in [0.15, 0.2) is 0 Å². The van der Waals surface area contributed by atoms with Crippen molar-refractivity contribution in [2.75, 3.05) is 0 Å². The lowest BCUT2D eigenvalue weighted by Gasteiger charge is -2.53. The van der Waals surface area contributed by atoms with Crippen molar-refractivity contribution in [2.45, 2.75) is 51.0 Å². The van der Waals surface area contributed by atoms with Gasteiger partial charge < -0.3 is 5.73 Å². The molecule has 2 N–H and O–H groups in total. The first-order chi connectivity index (χ1) is 8.70. The van der Waals surface area contributed by atoms with Crippen LogP contribution in [0.1, 0.15) is 60.9 Å². The smallest absolute Gasteiger partial charge is 0.0964 e. The minimum Gasteiger partial charge on any atom is -0.323 e. The van der Waals surface area contributed by atoms with Gasteiger partial charge in [0.05, 0.1) is 5.01 Å². The van der Waals surface area contributed by atoms with Crippen LogP contribution in [0.4, 0.5) is 0 Å². The van der Waals surface area contributed by atoms with E-state index >= 15 is 0 Å². The highest BCUT2D eigenvalue weighted by Crippen LogP contribution is 2.60. The summed E-state index contributed by atoms with van der Waals surface area (Å²) in [5.74, 6) is 4.75. The molecule has 0 radical (unpaired) electrons. The molecule has 0 aliphatic heterocycles. The lowest BCUT2D eigenvalue weighted by molar-refractivity contribution is -0.00283. The zero-order valence-corrected chi connectivity index (χ0v) is 11.8. The Hall–Kier alpha value is -0.410. The van der Waals surface area contributed by atoms with Gasteiger partial charge in [0.25, 0.3) is 0 Å². The van der Waals surface area contributed by atoms with Crippen molar-refractivity contribution in [3.05, 3.63) is 16.1 Å². The van der Waals surface area contributed by atoms with Crippen molar-refractivity contribution < 1.29 is 0 Å². The summed E-state index contributed by atoms with van der Waals surface area (Å²) in [6, 6.07) is 0.146. The van der Waals surface area contributed by atoms with Crippen molar-refractivity contribution in [2.24, 2.45) is 29.4 Å². The fourth-order valence-electron chi connectivity index (χ4n) is 4.99. The van der Waals surface area contributed by atoms with E-state index in [4.69, 9.17) is 10.7 Å². The SMILES string of the molecule is CC(N)c1cnc(C2C3CC4CC(C3)CC2C4)s1. The Morgan fingerprint density at radius 1 is 1.17 bits per heavy atom. The number of thiazole rings is 1. The van der Waals surface area contributed by atoms with Gasteiger partial charge in [-0.25, -0.2) is 4.98 Å². The molecule has 0 spiro atoms. The fraction of sp³-hybridized carbons (Fsp3) is 0.800. The highest BCUT2D eigenvalue weighted by molar-refractivity contribution is 7.11. The molecule has 1 unspecified atom stereocenters. The maximum Gasteiger partial charge on any atom is 0.0964 e. The average Bonchev–Trinajstić information content (AvgIpc) is 2.77. The molecule has 2 nitrogen and oxygen atoms in total. The first-order valence-electron chi connectivity index (χ1n) is 7.42. The fourth-order valence-corrected chi connectivity index (χ4v) is 6.15. The molecule has 3 heteroatoms. The van der Waals surface area contributed by atoms with Gasteiger partial charge in [-0.2, -0.15) is 0 Å². The predicted octanol–water partition coefficient (Wildman–Crippen LogP) is 3.70. The molecule has 0 aromatic carbocycles. The summed E-state index contributed by atoms with van der Waals surface area (Å²) in [4.78, 5) is 5.98. The number of rotatable bonds is 2. The molecule has 4 fully saturated rings. The number of nitrogens with two attached hydrogens (primary N) is 1. The second-order valence-electron chi connectivity index (χ2n) is 6.85. The van der Waals surface area contributed by atoms with Crippen molar-refractivity contribution in [3.63, 3.8) is 0 Å². The zero-order valence-electron chi connectivity index (χ0n) is 11.0. The summed E-state index contributed by atoms with van der Waals surface area (Å²) < 4.78 is 0. The minimum absolute atomic E-state index is 0.146. The van der Waals surface area contributed by atoms with E-state index in [2.05, 4.69) is 6.92 Å². The van der Waals surface area contributed by atoms with Crippen LogP contribution in [0.25, 0.3) is 0 Å². The van der Waals surface area contributed by atoms with Crippen LogP contribution in [0.3, 0.4) is 0 Å². The molecule has 0 saturated heterocycles. The van der Waals surface area contributed by atoms with E-state index in [1.54, 1.807) is 0 Å². The van der Waals surface area contributed by atoms with Crippen LogP contribution in [-0.2, 0) is 0 Å². The number of nitrogens with zero attached hydrogens (tertiary/aromatic N) is 1. The molecular formula is C15H22N2S. The Kier molecular flexibility index (Phi) is 2.56. The summed E-state index contributed by atoms with van der Waals surface area (Å²) in [7, 11) is 0. The molecular weight excluding hydrogens is 240 g/mol. The molecule has 4 bridgehead atoms. The van der Waals surface area contributed by atoms with Gasteiger partial charge in [0.2, 0.25) is 0 Å². The molecule has 4 aliphatic carbocycles. The monoisotopic (exact) mass is 262 g/mol. The van der Waals surface area contributed by atoms with Crippen molar-refractivity contribution in [1.29, 1.82) is 0 Å². The highest BCUT2D eigenvalue weighted by Gasteiger charge is 2.49. The molecule has 98 valence electrons. The van der Waals surface area contributed by atoms with E-state index in [9.17, 15) is 0 Å². The maximum atomic E-state index is 5.97. The molecule has 1 heterocycles. The standard InChI is InChI=1S/C15H22N2S/c1-8(16)13-7-17-15(18-13)14-11-3-9-2-10(5-11)6-12(14)4-9/h7-12,14H,2-6,16H2,1H3. The third-order valence-electron chi connectivity index (χ3n) is 5.50. The summed E-state index contributed by atoms with van der Waals surface area (Å²) in [6.45, 7) is 2.06. The van der Waals surface area contributed by atoms with Crippen LogP contribution < -0.4 is 5.73 Å². The van der Waals surface area contributed by atoms with E-state index in [1.807, 2.05) is 17.5 Å². The third-order valence-corrected chi connectivity index (χ3v) is 6.80. The number of hydrogen-bond acceptors (Lipinski definition) is 3. The van der Waals surface area contributed by atoms with Gasteiger partial charge in [0.1, 0.15) is 0 Å². The third kappa shape index (κ3) is 1.67. The van der Waals surface area contributed by atoms with Gasteiger partial charge >= 0.3 is 0 Å². The number of hydrogen-bond donors (Lipinski definition) is 1. The molecule has 1 aromatic rings. The maximum absolute atomic E-state index is 5.97. The summed E-state index contributed by atoms with van der Waals surface area (Å²) in [5.41, 5.74) is 5.97. The topological polar surface area (TPSA) is 38.9 Å². The van der Waals surface area contributed by atoms with Gasteiger partial charge in [-0.3, -0.25) is 0 Å². The van der Waals surface area contributed by atoms with E-state index in [-0.39, 0.29) is 6.04 Å². The van der Waals surface area contributed by atoms with Crippen LogP contribution >= 0.6 is 11.3 Å². The molecule has 0 amide bonds. The Bertz CT molecular complexity index is 423. The molecule has 18 heavy (non-hydrogen) atoms. The van der Waals surface area contributed by atoms with Gasteiger partial charge in [-0.1, -0.05) is 0 Å². The summed E-state index contributed by atoms with van der Waals surface area (Å²) >= 11 is 1.88. The largest absolute Gasteiger partial charge is 0.323 e. The van der Waals surface area contributed by atoms with Gasteiger partial charge in [0, 0.05) is 23.0 Å². The first kappa shape index (κ1) is 11.4. The van der Waals surface area contributed by atoms with E-state index in [1.165, 1.54) is 42.0 Å². The minimum atomic E-state index is 0.146. The van der Waals surface area contributed by atoms with Crippen LogP contribution in [0.5, 0.6) is 0 Å². The second kappa shape index (κ2) is 4.04. The van der Waals surface area contributed by atoms with E-state index in [0.717, 1.165) is 29.6 Å². The quantitative estimate of drug-likeness (QED) is 0.882. The van der Waals surface area contributed by atoms with Crippen LogP contribution in [0.15, 0.2) is 6.20 Å². The van der Waals surface area contributed by atoms with Crippen molar-refractivity contribution in [3.8, 4) is 0 Å². The van der Waals surface area contributed by atoms with Gasteiger partial charge in [-0.15, -0.1) is 11.3 Å². The van der Waals surface area contributed by atoms with Crippen LogP contribution in [0.2, 0.25) is 0 Å². The van der Waals surface area contributed by atoms with Crippen LogP contribution in [0, 0.1) is 23.7 Å². The van der Waals surface area contributed by atoms with E-state index < -0.39 is 0 Å². The number of aromatic nitrogens is 1. The summed E-state index contributed by atoms with van der Waals surface area (Å²) in [6.07, 6.45) is 9.46. The van der Waals surface area contributed by atoms with Crippen LogP contribution in [-0.4, -0.2) is 4.98 Å². The normalized spacial score (nSPS) is 43.3. The Morgan fingerprint density at radius 3 is 2.28 bits per heavy atom. The average molecular weight is 262 g/mol. The molecule has 1 aromatic heterocycles. The van der Waals surface area contributed by atoms with Gasteiger partial charge in [-0.05, 0) is 62.7 Å². The zero-order chi connectivity index (χ0) is 12.3. The Balaban J connectivity index is 1.64. The first-order valence-corrected chi connectivity index (χ1v) is 8.23. The van der Waals surface area contributed by atoms with E-state index in [0.29, 0.717) is 0 Å². The Morgan fingerprint density at radius 2 is 1.78 bits per heavy atom.